The third kappa shape index (κ3) is 11.7. The minimum atomic E-state index is -5.21. The first kappa shape index (κ1) is 55.3. The zero-order valence-electron chi connectivity index (χ0n) is 42.8. The van der Waals surface area contributed by atoms with Crippen molar-refractivity contribution in [1.82, 2.24) is 25.5 Å². The molecule has 0 aliphatic carbocycles. The summed E-state index contributed by atoms with van der Waals surface area (Å²) in [6.45, 7) is 10.6. The van der Waals surface area contributed by atoms with Crippen LogP contribution in [-0.4, -0.2) is 84.8 Å². The van der Waals surface area contributed by atoms with Crippen molar-refractivity contribution in [3.05, 3.63) is 148 Å². The molecule has 4 heterocycles. The number of hydrogen-bond donors (Lipinski definition) is 5. The number of aliphatic hydroxyl groups excluding tert-OH is 1. The van der Waals surface area contributed by atoms with E-state index in [0.29, 0.717) is 39.5 Å². The summed E-state index contributed by atoms with van der Waals surface area (Å²) in [5, 5.41) is 37.2. The number of carbonyl (C=O) groups excluding carboxylic acids is 4. The van der Waals surface area contributed by atoms with Gasteiger partial charge >= 0.3 is 6.18 Å². The minimum Gasteiger partial charge on any atom is -0.391 e. The average Bonchev–Trinajstić information content (AvgIpc) is 4.13. The summed E-state index contributed by atoms with van der Waals surface area (Å²) < 4.78 is 56.9. The molecule has 5 N–H and O–H groups in total. The van der Waals surface area contributed by atoms with Gasteiger partial charge in [0.15, 0.2) is 10.9 Å². The number of nitrogens with one attached hydrogen (secondary N) is 4. The number of amides is 4. The van der Waals surface area contributed by atoms with Crippen LogP contribution in [0.3, 0.4) is 0 Å². The number of anilines is 3. The van der Waals surface area contributed by atoms with Gasteiger partial charge in [0.05, 0.1) is 57.1 Å². The van der Waals surface area contributed by atoms with E-state index >= 15 is 4.39 Å². The van der Waals surface area contributed by atoms with Crippen molar-refractivity contribution in [2.45, 2.75) is 97.3 Å². The third-order valence-electron chi connectivity index (χ3n) is 13.5. The number of β-amino-alcohol motifs (C(OH)–C–C–N with tert-alkyl or cyclic N) is 1. The largest absolute Gasteiger partial charge is 0.420 e. The highest BCUT2D eigenvalue weighted by Crippen LogP contribution is 2.42. The maximum atomic E-state index is 15.5. The number of hydrogen-bond acceptors (Lipinski definition) is 11. The van der Waals surface area contributed by atoms with Gasteiger partial charge in [-0.3, -0.25) is 34.5 Å². The number of alkyl halides is 3. The Balaban J connectivity index is 0.833. The highest BCUT2D eigenvalue weighted by atomic mass is 32.1. The molecule has 2 aromatic heterocycles. The molecule has 6 aromatic rings. The lowest BCUT2D eigenvalue weighted by Gasteiger charge is -2.35. The second kappa shape index (κ2) is 22.0. The van der Waals surface area contributed by atoms with E-state index in [1.165, 1.54) is 35.9 Å². The van der Waals surface area contributed by atoms with Crippen LogP contribution < -0.4 is 25.8 Å². The third-order valence-corrected chi connectivity index (χ3v) is 14.8. The van der Waals surface area contributed by atoms with Gasteiger partial charge in [-0.05, 0) is 97.9 Å². The summed E-state index contributed by atoms with van der Waals surface area (Å²) in [6, 6.07) is 26.5. The molecule has 0 spiro atoms. The standard InChI is InChI=1S/C56H54F4N10O5S2/c1-31-47(77-30-65-31)35-12-9-33(10-13-35)27-64-50(73)43-25-40(71)29-68(43)51(74)48(54(2,3)4)67-44(72)24-11-32-7-14-36(15-8-32)49(62)66-38-19-16-34(17-20-38)41-22-21-39(28-63-41)70-53(76)69(52(75)55(70,5)6)42-23-18-37(26-61)45(46(42)57)56(58,59)60/h7-10,12-23,28,30,40,43,48,71H,11,24-25,27,29H2,1-6H3,(H2,62,66)(H,64,73)(H,67,72)/t40-,43+,48-/m1/s1. The molecule has 21 heteroatoms. The Morgan fingerprint density at radius 1 is 0.948 bits per heavy atom. The Morgan fingerprint density at radius 2 is 1.61 bits per heavy atom. The van der Waals surface area contributed by atoms with Crippen molar-refractivity contribution in [2.75, 3.05) is 21.7 Å². The molecule has 2 fully saturated rings. The number of rotatable bonds is 14. The number of nitrogens with zero attached hydrogens (tertiary/aromatic N) is 6. The molecule has 398 valence electrons. The lowest BCUT2D eigenvalue weighted by molar-refractivity contribution is -0.144. The van der Waals surface area contributed by atoms with Gasteiger partial charge in [0.25, 0.3) is 5.91 Å². The van der Waals surface area contributed by atoms with Crippen LogP contribution in [0.2, 0.25) is 0 Å². The summed E-state index contributed by atoms with van der Waals surface area (Å²) in [5.41, 5.74) is 2.54. The highest BCUT2D eigenvalue weighted by molar-refractivity contribution is 7.81. The molecule has 8 rings (SSSR count). The van der Waals surface area contributed by atoms with E-state index in [1.54, 1.807) is 65.4 Å². The number of aromatic nitrogens is 2. The van der Waals surface area contributed by atoms with Gasteiger partial charge in [-0.1, -0.05) is 81.4 Å². The van der Waals surface area contributed by atoms with E-state index in [-0.39, 0.29) is 42.8 Å². The van der Waals surface area contributed by atoms with Crippen LogP contribution in [0.25, 0.3) is 21.7 Å². The Kier molecular flexibility index (Phi) is 15.8. The quantitative estimate of drug-likeness (QED) is 0.0301. The number of aryl methyl sites for hydroxylation is 2. The first-order chi connectivity index (χ1) is 36.4. The molecule has 0 unspecified atom stereocenters. The predicted octanol–water partition coefficient (Wildman–Crippen LogP) is 9.31. The average molecular weight is 1090 g/mol. The van der Waals surface area contributed by atoms with Gasteiger partial charge in [-0.2, -0.15) is 18.4 Å². The molecule has 2 aliphatic heterocycles. The number of benzene rings is 4. The predicted molar refractivity (Wildman–Crippen MR) is 289 cm³/mol. The van der Waals surface area contributed by atoms with Crippen molar-refractivity contribution < 1.29 is 41.8 Å². The minimum absolute atomic E-state index is 0.0432. The van der Waals surface area contributed by atoms with Crippen molar-refractivity contribution in [1.29, 1.82) is 10.7 Å². The first-order valence-electron chi connectivity index (χ1n) is 24.4. The van der Waals surface area contributed by atoms with Crippen LogP contribution in [0.1, 0.15) is 81.0 Å². The van der Waals surface area contributed by atoms with Gasteiger partial charge < -0.3 is 30.9 Å². The summed E-state index contributed by atoms with van der Waals surface area (Å²) in [7, 11) is 0. The number of halogens is 4. The van der Waals surface area contributed by atoms with Crippen molar-refractivity contribution >= 4 is 75.2 Å². The van der Waals surface area contributed by atoms with Crippen LogP contribution in [0.4, 0.5) is 34.6 Å². The molecule has 0 bridgehead atoms. The number of aliphatic hydroxyl groups is 1. The molecule has 15 nitrogen and oxygen atoms in total. The fraction of sp³-hybridized carbons (Fsp3) is 0.304. The molecule has 2 aliphatic rings. The molecule has 4 amide bonds. The fourth-order valence-electron chi connectivity index (χ4n) is 9.29. The van der Waals surface area contributed by atoms with E-state index in [9.17, 15) is 42.7 Å². The molecule has 0 saturated carbocycles. The van der Waals surface area contributed by atoms with E-state index in [4.69, 9.17) is 17.6 Å². The molecular formula is C56H54F4N10O5S2. The van der Waals surface area contributed by atoms with Gasteiger partial charge in [0.1, 0.15) is 29.0 Å². The SMILES string of the molecule is Cc1ncsc1-c1ccc(CNC(=O)[C@@H]2C[C@@H](O)CN2C(=O)[C@@H](NC(=O)CCc2ccc(C(=N)Nc3ccc(-c4ccc(N5C(=S)N(c6ccc(C#N)c(C(F)(F)F)c6F)C(=O)C5(C)C)cn4)cc3)cc2)C(C)(C)C)cc1. The smallest absolute Gasteiger partial charge is 0.391 e. The maximum Gasteiger partial charge on any atom is 0.420 e. The summed E-state index contributed by atoms with van der Waals surface area (Å²) in [5.74, 6) is -3.68. The second-order valence-electron chi connectivity index (χ2n) is 20.4. The first-order valence-corrected chi connectivity index (χ1v) is 25.7. The van der Waals surface area contributed by atoms with Crippen molar-refractivity contribution in [2.24, 2.45) is 5.41 Å². The van der Waals surface area contributed by atoms with Gasteiger partial charge in [-0.25, -0.2) is 9.37 Å². The summed E-state index contributed by atoms with van der Waals surface area (Å²) >= 11 is 7.11. The van der Waals surface area contributed by atoms with E-state index in [0.717, 1.165) is 39.4 Å². The van der Waals surface area contributed by atoms with E-state index < -0.39 is 75.7 Å². The van der Waals surface area contributed by atoms with Gasteiger partial charge in [-0.15, -0.1) is 11.3 Å². The van der Waals surface area contributed by atoms with Gasteiger partial charge in [0, 0.05) is 42.7 Å². The number of thiocarbonyl (C=S) groups is 1. The number of likely N-dealkylation sites (tertiary alicyclic amines) is 1. The number of pyridine rings is 1. The lowest BCUT2D eigenvalue weighted by atomic mass is 9.85. The van der Waals surface area contributed by atoms with Gasteiger partial charge in [0.2, 0.25) is 17.7 Å². The zero-order chi connectivity index (χ0) is 55.7. The molecule has 2 saturated heterocycles. The van der Waals surface area contributed by atoms with Crippen LogP contribution in [0, 0.1) is 34.9 Å². The molecule has 4 aromatic carbocycles. The molecule has 0 radical (unpaired) electrons. The highest BCUT2D eigenvalue weighted by Gasteiger charge is 2.52. The Bertz CT molecular complexity index is 3300. The zero-order valence-corrected chi connectivity index (χ0v) is 44.4. The van der Waals surface area contributed by atoms with E-state index in [1.807, 2.05) is 64.1 Å². The number of carbonyl (C=O) groups is 4. The maximum absolute atomic E-state index is 15.5. The second-order valence-corrected chi connectivity index (χ2v) is 21.6. The van der Waals surface area contributed by atoms with Crippen LogP contribution in [0.15, 0.2) is 109 Å². The molecular weight excluding hydrogens is 1030 g/mol. The number of nitriles is 1. The topological polar surface area (TPSA) is 208 Å². The summed E-state index contributed by atoms with van der Waals surface area (Å²) in [4.78, 5) is 68.1. The van der Waals surface area contributed by atoms with Crippen LogP contribution >= 0.6 is 23.6 Å². The molecule has 77 heavy (non-hydrogen) atoms. The Labute approximate surface area is 451 Å². The number of thiazole rings is 1. The van der Waals surface area contributed by atoms with Crippen molar-refractivity contribution in [3.63, 3.8) is 0 Å². The Hall–Kier alpha value is -7.93. The van der Waals surface area contributed by atoms with Crippen LogP contribution in [-0.2, 0) is 38.3 Å². The lowest BCUT2D eigenvalue weighted by Crippen LogP contribution is -2.57. The Morgan fingerprint density at radius 3 is 2.21 bits per heavy atom. The van der Waals surface area contributed by atoms with Crippen molar-refractivity contribution in [3.8, 4) is 27.8 Å². The normalized spacial score (nSPS) is 16.8. The monoisotopic (exact) mass is 1090 g/mol. The fourth-order valence-corrected chi connectivity index (χ4v) is 10.6. The molecule has 3 atom stereocenters. The summed E-state index contributed by atoms with van der Waals surface area (Å²) in [6.07, 6.45) is -4.20. The van der Waals surface area contributed by atoms with Crippen LogP contribution in [0.5, 0.6) is 0 Å². The number of amidine groups is 1. The van der Waals surface area contributed by atoms with E-state index in [2.05, 4.69) is 25.9 Å².